The first-order chi connectivity index (χ1) is 6.46. The Morgan fingerprint density at radius 2 is 2.13 bits per heavy atom. The van der Waals surface area contributed by atoms with Gasteiger partial charge >= 0.3 is 29.6 Å². The van der Waals surface area contributed by atoms with Gasteiger partial charge in [0, 0.05) is 12.4 Å². The third-order valence-electron chi connectivity index (χ3n) is 2.23. The molecule has 0 spiro atoms. The van der Waals surface area contributed by atoms with Crippen LogP contribution in [0.3, 0.4) is 0 Å². The van der Waals surface area contributed by atoms with Crippen molar-refractivity contribution in [3.05, 3.63) is 24.0 Å². The molecule has 1 aromatic rings. The Bertz CT molecular complexity index is 419. The monoisotopic (exact) mass is 237 g/mol. The second kappa shape index (κ2) is 5.96. The first-order valence-electron chi connectivity index (χ1n) is 4.36. The molecule has 1 atom stereocenters. The Morgan fingerprint density at radius 1 is 1.53 bits per heavy atom. The van der Waals surface area contributed by atoms with E-state index in [0.717, 1.165) is 12.6 Å². The number of pyridine rings is 1. The van der Waals surface area contributed by atoms with Gasteiger partial charge < -0.3 is 4.55 Å². The average Bonchev–Trinajstić information content (AvgIpc) is 2.15. The van der Waals surface area contributed by atoms with Gasteiger partial charge in [0.2, 0.25) is 0 Å². The standard InChI is InChI=1S/C9H13NO3S.Na/c1-3-7(2)8-4-5-10-6-9(8)14(11,12)13;/h4-7H,3H2,1-2H3,(H,11,12,13);/q;+1/p-1. The summed E-state index contributed by atoms with van der Waals surface area (Å²) in [6, 6.07) is 1.58. The number of hydrogen-bond donors (Lipinski definition) is 0. The number of rotatable bonds is 3. The maximum atomic E-state index is 10.9. The van der Waals surface area contributed by atoms with Gasteiger partial charge in [0.1, 0.15) is 10.1 Å². The molecule has 0 fully saturated rings. The smallest absolute Gasteiger partial charge is 0.744 e. The van der Waals surface area contributed by atoms with Crippen LogP contribution in [0.2, 0.25) is 0 Å². The third kappa shape index (κ3) is 3.85. The van der Waals surface area contributed by atoms with E-state index in [4.69, 9.17) is 0 Å². The molecule has 0 bridgehead atoms. The van der Waals surface area contributed by atoms with E-state index < -0.39 is 10.1 Å². The molecule has 0 saturated carbocycles. The molecule has 1 unspecified atom stereocenters. The summed E-state index contributed by atoms with van der Waals surface area (Å²) in [4.78, 5) is 3.45. The van der Waals surface area contributed by atoms with Crippen LogP contribution in [0.25, 0.3) is 0 Å². The van der Waals surface area contributed by atoms with Gasteiger partial charge in [0.05, 0.1) is 4.90 Å². The number of hydrogen-bond acceptors (Lipinski definition) is 4. The van der Waals surface area contributed by atoms with E-state index in [1.54, 1.807) is 6.07 Å². The van der Waals surface area contributed by atoms with Gasteiger partial charge in [-0.1, -0.05) is 13.8 Å². The number of aromatic nitrogens is 1. The fourth-order valence-electron chi connectivity index (χ4n) is 1.23. The van der Waals surface area contributed by atoms with Crippen LogP contribution in [0.4, 0.5) is 0 Å². The molecule has 0 amide bonds. The molecule has 4 nitrogen and oxygen atoms in total. The summed E-state index contributed by atoms with van der Waals surface area (Å²) >= 11 is 0. The summed E-state index contributed by atoms with van der Waals surface area (Å²) in [5, 5.41) is 0. The summed E-state index contributed by atoms with van der Waals surface area (Å²) in [5.74, 6) is 0.0525. The van der Waals surface area contributed by atoms with E-state index in [1.165, 1.54) is 6.20 Å². The molecular formula is C9H12NNaO3S. The van der Waals surface area contributed by atoms with Crippen LogP contribution in [-0.4, -0.2) is 18.0 Å². The van der Waals surface area contributed by atoms with Crippen molar-refractivity contribution in [2.45, 2.75) is 31.1 Å². The summed E-state index contributed by atoms with van der Waals surface area (Å²) in [5.41, 5.74) is 0.553. The van der Waals surface area contributed by atoms with Gasteiger partial charge in [-0.2, -0.15) is 0 Å². The zero-order chi connectivity index (χ0) is 10.8. The SMILES string of the molecule is CCC(C)c1ccncc1S(=O)(=O)[O-].[Na+]. The van der Waals surface area contributed by atoms with Crippen LogP contribution >= 0.6 is 0 Å². The molecule has 0 aromatic carbocycles. The zero-order valence-corrected chi connectivity index (χ0v) is 11.9. The third-order valence-corrected chi connectivity index (χ3v) is 3.11. The van der Waals surface area contributed by atoms with E-state index in [1.807, 2.05) is 13.8 Å². The molecule has 6 heteroatoms. The van der Waals surface area contributed by atoms with Gasteiger partial charge in [-0.15, -0.1) is 0 Å². The summed E-state index contributed by atoms with van der Waals surface area (Å²) < 4.78 is 32.6. The van der Waals surface area contributed by atoms with Crippen LogP contribution in [0, 0.1) is 0 Å². The molecule has 1 rings (SSSR count). The van der Waals surface area contributed by atoms with E-state index in [2.05, 4.69) is 4.98 Å². The van der Waals surface area contributed by atoms with Crippen LogP contribution in [-0.2, 0) is 10.1 Å². The molecule has 0 radical (unpaired) electrons. The Labute approximate surface area is 112 Å². The Morgan fingerprint density at radius 3 is 2.60 bits per heavy atom. The molecule has 15 heavy (non-hydrogen) atoms. The Kier molecular flexibility index (Phi) is 5.98. The van der Waals surface area contributed by atoms with Crippen molar-refractivity contribution in [3.8, 4) is 0 Å². The van der Waals surface area contributed by atoms with E-state index in [0.29, 0.717) is 5.56 Å². The van der Waals surface area contributed by atoms with Gasteiger partial charge in [0.25, 0.3) is 0 Å². The topological polar surface area (TPSA) is 70.1 Å². The minimum absolute atomic E-state index is 0. The first kappa shape index (κ1) is 15.1. The summed E-state index contributed by atoms with van der Waals surface area (Å²) in [7, 11) is -4.40. The molecular weight excluding hydrogens is 225 g/mol. The summed E-state index contributed by atoms with van der Waals surface area (Å²) in [6.07, 6.45) is 3.40. The molecule has 0 aliphatic carbocycles. The maximum Gasteiger partial charge on any atom is 1.00 e. The van der Waals surface area contributed by atoms with Crippen LogP contribution < -0.4 is 29.6 Å². The van der Waals surface area contributed by atoms with Crippen molar-refractivity contribution in [3.63, 3.8) is 0 Å². The molecule has 0 saturated heterocycles. The molecule has 1 heterocycles. The van der Waals surface area contributed by atoms with Gasteiger partial charge in [-0.3, -0.25) is 4.98 Å². The van der Waals surface area contributed by atoms with Crippen molar-refractivity contribution < 1.29 is 42.5 Å². The fraction of sp³-hybridized carbons (Fsp3) is 0.444. The summed E-state index contributed by atoms with van der Waals surface area (Å²) in [6.45, 7) is 3.82. The van der Waals surface area contributed by atoms with Crippen molar-refractivity contribution in [2.75, 3.05) is 0 Å². The van der Waals surface area contributed by atoms with Crippen LogP contribution in [0.15, 0.2) is 23.4 Å². The second-order valence-corrected chi connectivity index (χ2v) is 4.52. The van der Waals surface area contributed by atoms with Crippen molar-refractivity contribution in [2.24, 2.45) is 0 Å². The maximum absolute atomic E-state index is 10.9. The second-order valence-electron chi connectivity index (χ2n) is 3.18. The van der Waals surface area contributed by atoms with Gasteiger partial charge in [-0.05, 0) is 24.0 Å². The predicted octanol–water partition coefficient (Wildman–Crippen LogP) is -1.50. The minimum atomic E-state index is -4.40. The van der Waals surface area contributed by atoms with Crippen LogP contribution in [0.5, 0.6) is 0 Å². The molecule has 0 aliphatic heterocycles. The van der Waals surface area contributed by atoms with Gasteiger partial charge in [0.15, 0.2) is 0 Å². The first-order valence-corrected chi connectivity index (χ1v) is 5.77. The van der Waals surface area contributed by atoms with E-state index >= 15 is 0 Å². The average molecular weight is 237 g/mol. The van der Waals surface area contributed by atoms with Gasteiger partial charge in [-0.25, -0.2) is 8.42 Å². The predicted molar refractivity (Wildman–Crippen MR) is 50.9 cm³/mol. The molecule has 78 valence electrons. The zero-order valence-electron chi connectivity index (χ0n) is 9.10. The quantitative estimate of drug-likeness (QED) is 0.474. The largest absolute Gasteiger partial charge is 1.00 e. The van der Waals surface area contributed by atoms with Crippen LogP contribution in [0.1, 0.15) is 31.7 Å². The van der Waals surface area contributed by atoms with Crippen molar-refractivity contribution >= 4 is 10.1 Å². The minimum Gasteiger partial charge on any atom is -0.744 e. The normalized spacial score (nSPS) is 13.0. The number of nitrogens with zero attached hydrogens (tertiary/aromatic N) is 1. The molecule has 0 N–H and O–H groups in total. The Balaban J connectivity index is 0.00000196. The van der Waals surface area contributed by atoms with Crippen molar-refractivity contribution in [1.29, 1.82) is 0 Å². The Hall–Kier alpha value is 0.0600. The fourth-order valence-corrected chi connectivity index (χ4v) is 1.97. The van der Waals surface area contributed by atoms with E-state index in [9.17, 15) is 13.0 Å². The molecule has 1 aromatic heterocycles. The van der Waals surface area contributed by atoms with E-state index in [-0.39, 0.29) is 40.4 Å². The van der Waals surface area contributed by atoms with Crippen molar-refractivity contribution in [1.82, 2.24) is 4.98 Å². The molecule has 0 aliphatic rings.